The molecule has 3 rings (SSSR count). The summed E-state index contributed by atoms with van der Waals surface area (Å²) in [6, 6.07) is 9.38. The summed E-state index contributed by atoms with van der Waals surface area (Å²) in [6.45, 7) is -0.0888. The highest BCUT2D eigenvalue weighted by molar-refractivity contribution is 5.92. The number of nitrogens with zero attached hydrogens (tertiary/aromatic N) is 1. The van der Waals surface area contributed by atoms with Crippen LogP contribution in [0.4, 0.5) is 0 Å². The Labute approximate surface area is 131 Å². The number of carbonyl (C=O) groups is 1. The molecule has 3 aromatic rings. The molecular weight excluding hydrogens is 302 g/mol. The van der Waals surface area contributed by atoms with E-state index in [9.17, 15) is 9.90 Å². The summed E-state index contributed by atoms with van der Waals surface area (Å²) >= 11 is 0. The van der Waals surface area contributed by atoms with Gasteiger partial charge in [-0.1, -0.05) is 5.16 Å². The van der Waals surface area contributed by atoms with E-state index in [1.54, 1.807) is 24.3 Å². The average molecular weight is 315 g/mol. The van der Waals surface area contributed by atoms with E-state index in [1.165, 1.54) is 25.5 Å². The third kappa shape index (κ3) is 3.18. The van der Waals surface area contributed by atoms with Crippen molar-refractivity contribution in [1.82, 2.24) is 5.16 Å². The standard InChI is InChI=1S/C16H13NO6/c1-20-11-4-5-12(13(18)8-11)16(19)22-9-10-7-15(23-17-10)14-3-2-6-21-14/h2-8,18H,9H2,1H3. The number of benzene rings is 1. The second-order valence-corrected chi connectivity index (χ2v) is 4.62. The van der Waals surface area contributed by atoms with Crippen molar-refractivity contribution in [2.45, 2.75) is 6.61 Å². The lowest BCUT2D eigenvalue weighted by molar-refractivity contribution is 0.0461. The molecule has 1 aromatic carbocycles. The number of hydrogen-bond donors (Lipinski definition) is 1. The van der Waals surface area contributed by atoms with Crippen molar-refractivity contribution < 1.29 is 28.3 Å². The highest BCUT2D eigenvalue weighted by Crippen LogP contribution is 2.25. The van der Waals surface area contributed by atoms with Gasteiger partial charge in [0.25, 0.3) is 0 Å². The number of phenols is 1. The highest BCUT2D eigenvalue weighted by atomic mass is 16.5. The second-order valence-electron chi connectivity index (χ2n) is 4.62. The summed E-state index contributed by atoms with van der Waals surface area (Å²) in [5.74, 6) is 0.522. The van der Waals surface area contributed by atoms with Crippen LogP contribution in [0, 0.1) is 0 Å². The highest BCUT2D eigenvalue weighted by Gasteiger charge is 2.15. The lowest BCUT2D eigenvalue weighted by Gasteiger charge is -2.06. The number of hydrogen-bond acceptors (Lipinski definition) is 7. The number of furan rings is 1. The Hall–Kier alpha value is -3.22. The van der Waals surface area contributed by atoms with Crippen LogP contribution in [0.1, 0.15) is 16.1 Å². The van der Waals surface area contributed by atoms with Crippen molar-refractivity contribution in [3.63, 3.8) is 0 Å². The van der Waals surface area contributed by atoms with Gasteiger partial charge in [-0.2, -0.15) is 0 Å². The summed E-state index contributed by atoms with van der Waals surface area (Å²) in [6.07, 6.45) is 1.52. The number of carbonyl (C=O) groups excluding carboxylic acids is 1. The smallest absolute Gasteiger partial charge is 0.342 e. The molecule has 0 atom stereocenters. The lowest BCUT2D eigenvalue weighted by Crippen LogP contribution is -2.05. The molecule has 23 heavy (non-hydrogen) atoms. The summed E-state index contributed by atoms with van der Waals surface area (Å²) < 4.78 is 20.3. The Morgan fingerprint density at radius 1 is 1.26 bits per heavy atom. The minimum Gasteiger partial charge on any atom is -0.507 e. The van der Waals surface area contributed by atoms with Crippen molar-refractivity contribution in [1.29, 1.82) is 0 Å². The zero-order valence-corrected chi connectivity index (χ0v) is 12.2. The SMILES string of the molecule is COc1ccc(C(=O)OCc2cc(-c3ccco3)on2)c(O)c1. The maximum Gasteiger partial charge on any atom is 0.342 e. The number of rotatable bonds is 5. The fourth-order valence-corrected chi connectivity index (χ4v) is 1.94. The molecule has 0 unspecified atom stereocenters. The first-order chi connectivity index (χ1) is 11.2. The van der Waals surface area contributed by atoms with Crippen LogP contribution in [0.15, 0.2) is 51.6 Å². The Bertz CT molecular complexity index is 806. The Morgan fingerprint density at radius 3 is 2.83 bits per heavy atom. The normalized spacial score (nSPS) is 10.5. The van der Waals surface area contributed by atoms with E-state index >= 15 is 0 Å². The molecule has 0 aliphatic rings. The molecule has 118 valence electrons. The lowest BCUT2D eigenvalue weighted by atomic mass is 10.2. The van der Waals surface area contributed by atoms with Gasteiger partial charge in [-0.3, -0.25) is 0 Å². The van der Waals surface area contributed by atoms with Gasteiger partial charge in [-0.15, -0.1) is 0 Å². The fourth-order valence-electron chi connectivity index (χ4n) is 1.94. The van der Waals surface area contributed by atoms with Gasteiger partial charge in [-0.25, -0.2) is 4.79 Å². The maximum absolute atomic E-state index is 12.0. The first-order valence-electron chi connectivity index (χ1n) is 6.71. The van der Waals surface area contributed by atoms with Crippen molar-refractivity contribution >= 4 is 5.97 Å². The minimum absolute atomic E-state index is 0.0422. The van der Waals surface area contributed by atoms with Gasteiger partial charge in [0.1, 0.15) is 29.4 Å². The molecule has 0 bridgehead atoms. The summed E-state index contributed by atoms with van der Waals surface area (Å²) in [4.78, 5) is 12.0. The summed E-state index contributed by atoms with van der Waals surface area (Å²) in [5, 5.41) is 13.6. The predicted octanol–water partition coefficient (Wildman–Crippen LogP) is 3.01. The second kappa shape index (κ2) is 6.27. The maximum atomic E-state index is 12.0. The van der Waals surface area contributed by atoms with Gasteiger partial charge >= 0.3 is 5.97 Å². The van der Waals surface area contributed by atoms with Crippen LogP contribution in [0.5, 0.6) is 11.5 Å². The first kappa shape index (κ1) is 14.7. The van der Waals surface area contributed by atoms with Crippen LogP contribution in [-0.4, -0.2) is 23.3 Å². The van der Waals surface area contributed by atoms with Gasteiger partial charge in [-0.05, 0) is 24.3 Å². The van der Waals surface area contributed by atoms with Gasteiger partial charge < -0.3 is 23.5 Å². The van der Waals surface area contributed by atoms with E-state index in [0.29, 0.717) is 23.0 Å². The minimum atomic E-state index is -0.673. The van der Waals surface area contributed by atoms with Gasteiger partial charge in [0.05, 0.1) is 13.4 Å². The zero-order valence-electron chi connectivity index (χ0n) is 12.2. The van der Waals surface area contributed by atoms with Crippen molar-refractivity contribution in [2.75, 3.05) is 7.11 Å². The average Bonchev–Trinajstić information content (AvgIpc) is 3.23. The van der Waals surface area contributed by atoms with Crippen LogP contribution in [0.2, 0.25) is 0 Å². The predicted molar refractivity (Wildman–Crippen MR) is 78.0 cm³/mol. The molecule has 0 fully saturated rings. The van der Waals surface area contributed by atoms with E-state index in [4.69, 9.17) is 18.4 Å². The monoisotopic (exact) mass is 315 g/mol. The molecule has 7 nitrogen and oxygen atoms in total. The Morgan fingerprint density at radius 2 is 2.13 bits per heavy atom. The first-order valence-corrected chi connectivity index (χ1v) is 6.71. The Balaban J connectivity index is 1.65. The summed E-state index contributed by atoms with van der Waals surface area (Å²) in [5.41, 5.74) is 0.471. The van der Waals surface area contributed by atoms with Crippen LogP contribution < -0.4 is 4.74 Å². The van der Waals surface area contributed by atoms with Crippen LogP contribution >= 0.6 is 0 Å². The molecule has 2 aromatic heterocycles. The molecule has 1 N–H and O–H groups in total. The van der Waals surface area contributed by atoms with E-state index in [0.717, 1.165) is 0 Å². The summed E-state index contributed by atoms with van der Waals surface area (Å²) in [7, 11) is 1.47. The molecule has 0 radical (unpaired) electrons. The fraction of sp³-hybridized carbons (Fsp3) is 0.125. The van der Waals surface area contributed by atoms with Crippen LogP contribution in [0.25, 0.3) is 11.5 Å². The van der Waals surface area contributed by atoms with Crippen molar-refractivity contribution in [3.05, 3.63) is 53.9 Å². The van der Waals surface area contributed by atoms with Crippen molar-refractivity contribution in [2.24, 2.45) is 0 Å². The molecule has 2 heterocycles. The van der Waals surface area contributed by atoms with Crippen LogP contribution in [-0.2, 0) is 11.3 Å². The molecule has 0 saturated heterocycles. The quantitative estimate of drug-likeness (QED) is 0.723. The molecule has 0 amide bonds. The molecule has 0 spiro atoms. The largest absolute Gasteiger partial charge is 0.507 e. The van der Waals surface area contributed by atoms with Gasteiger partial charge in [0, 0.05) is 12.1 Å². The van der Waals surface area contributed by atoms with Gasteiger partial charge in [0.15, 0.2) is 5.76 Å². The Kier molecular flexibility index (Phi) is 4.01. The third-order valence-corrected chi connectivity index (χ3v) is 3.10. The molecular formula is C16H13NO6. The van der Waals surface area contributed by atoms with E-state index < -0.39 is 5.97 Å². The molecule has 0 aliphatic carbocycles. The topological polar surface area (TPSA) is 94.9 Å². The molecule has 7 heteroatoms. The number of phenolic OH excluding ortho intramolecular Hbond substituents is 1. The van der Waals surface area contributed by atoms with E-state index in [2.05, 4.69) is 5.16 Å². The number of esters is 1. The van der Waals surface area contributed by atoms with Gasteiger partial charge in [0.2, 0.25) is 5.76 Å². The third-order valence-electron chi connectivity index (χ3n) is 3.10. The van der Waals surface area contributed by atoms with Crippen molar-refractivity contribution in [3.8, 4) is 23.0 Å². The van der Waals surface area contributed by atoms with E-state index in [1.807, 2.05) is 0 Å². The number of methoxy groups -OCH3 is 1. The van der Waals surface area contributed by atoms with E-state index in [-0.39, 0.29) is 17.9 Å². The zero-order chi connectivity index (χ0) is 16.2. The molecule has 0 aliphatic heterocycles. The number of ether oxygens (including phenoxy) is 2. The number of aromatic hydroxyl groups is 1. The number of aromatic nitrogens is 1. The molecule has 0 saturated carbocycles. The van der Waals surface area contributed by atoms with Crippen LogP contribution in [0.3, 0.4) is 0 Å².